The first-order valence-electron chi connectivity index (χ1n) is 8.50. The molecule has 6 heteroatoms. The Hall–Kier alpha value is -2.99. The van der Waals surface area contributed by atoms with Crippen LogP contribution in [0.2, 0.25) is 0 Å². The highest BCUT2D eigenvalue weighted by Gasteiger charge is 2.25. The number of ether oxygens (including phenoxy) is 1. The monoisotopic (exact) mass is 351 g/mol. The van der Waals surface area contributed by atoms with E-state index in [4.69, 9.17) is 4.74 Å². The zero-order chi connectivity index (χ0) is 17.9. The first-order valence-corrected chi connectivity index (χ1v) is 8.50. The van der Waals surface area contributed by atoms with Crippen molar-refractivity contribution in [1.29, 1.82) is 0 Å². The predicted octanol–water partition coefficient (Wildman–Crippen LogP) is 3.15. The van der Waals surface area contributed by atoms with Crippen LogP contribution >= 0.6 is 0 Å². The van der Waals surface area contributed by atoms with Crippen LogP contribution in [0.3, 0.4) is 0 Å². The minimum Gasteiger partial charge on any atom is -0.378 e. The fourth-order valence-corrected chi connectivity index (χ4v) is 3.09. The number of halogens is 1. The fourth-order valence-electron chi connectivity index (χ4n) is 3.09. The van der Waals surface area contributed by atoms with Crippen LogP contribution in [0.25, 0.3) is 16.9 Å². The lowest BCUT2D eigenvalue weighted by molar-refractivity contribution is 0.0303. The van der Waals surface area contributed by atoms with Crippen LogP contribution in [-0.2, 0) is 4.74 Å². The second-order valence-electron chi connectivity index (χ2n) is 6.07. The average molecular weight is 351 g/mol. The molecule has 0 atom stereocenters. The van der Waals surface area contributed by atoms with E-state index in [2.05, 4.69) is 5.10 Å². The van der Waals surface area contributed by atoms with Gasteiger partial charge in [-0.2, -0.15) is 5.10 Å². The van der Waals surface area contributed by atoms with Gasteiger partial charge in [-0.1, -0.05) is 30.3 Å². The van der Waals surface area contributed by atoms with Gasteiger partial charge in [-0.25, -0.2) is 9.07 Å². The van der Waals surface area contributed by atoms with Crippen LogP contribution in [0.5, 0.6) is 0 Å². The van der Waals surface area contributed by atoms with E-state index >= 15 is 0 Å². The lowest BCUT2D eigenvalue weighted by atomic mass is 10.1. The Kier molecular flexibility index (Phi) is 4.50. The van der Waals surface area contributed by atoms with Gasteiger partial charge in [-0.05, 0) is 24.3 Å². The molecule has 1 saturated heterocycles. The molecule has 1 aliphatic heterocycles. The number of rotatable bonds is 3. The van der Waals surface area contributed by atoms with Crippen molar-refractivity contribution in [2.24, 2.45) is 0 Å². The molecule has 0 saturated carbocycles. The lowest BCUT2D eigenvalue weighted by Gasteiger charge is -2.26. The Morgan fingerprint density at radius 2 is 1.69 bits per heavy atom. The van der Waals surface area contributed by atoms with Crippen LogP contribution in [0.4, 0.5) is 4.39 Å². The molecule has 1 amide bonds. The molecule has 0 spiro atoms. The summed E-state index contributed by atoms with van der Waals surface area (Å²) in [4.78, 5) is 14.8. The summed E-state index contributed by atoms with van der Waals surface area (Å²) >= 11 is 0. The molecule has 0 radical (unpaired) electrons. The van der Waals surface area contributed by atoms with E-state index in [0.717, 1.165) is 5.56 Å². The number of nitrogens with zero attached hydrogens (tertiary/aromatic N) is 3. The molecule has 0 N–H and O–H groups in total. The van der Waals surface area contributed by atoms with E-state index in [-0.39, 0.29) is 11.7 Å². The normalized spacial score (nSPS) is 14.4. The molecule has 2 aromatic carbocycles. The van der Waals surface area contributed by atoms with Gasteiger partial charge in [0.15, 0.2) is 0 Å². The van der Waals surface area contributed by atoms with Crippen LogP contribution in [-0.4, -0.2) is 46.9 Å². The third kappa shape index (κ3) is 3.11. The standard InChI is InChI=1S/C20H18FN3O2/c21-16-6-8-17(9-7-16)24-19(15-4-2-1-3-5-15)18(14-22-24)20(25)23-10-12-26-13-11-23/h1-9,14H,10-13H2. The molecule has 2 heterocycles. The van der Waals surface area contributed by atoms with E-state index in [9.17, 15) is 9.18 Å². The van der Waals surface area contributed by atoms with E-state index in [1.807, 2.05) is 30.3 Å². The summed E-state index contributed by atoms with van der Waals surface area (Å²) in [6.07, 6.45) is 1.59. The minimum absolute atomic E-state index is 0.0690. The lowest BCUT2D eigenvalue weighted by Crippen LogP contribution is -2.40. The van der Waals surface area contributed by atoms with Gasteiger partial charge in [0.25, 0.3) is 5.91 Å². The zero-order valence-electron chi connectivity index (χ0n) is 14.1. The highest BCUT2D eigenvalue weighted by atomic mass is 19.1. The van der Waals surface area contributed by atoms with E-state index in [0.29, 0.717) is 43.2 Å². The van der Waals surface area contributed by atoms with Crippen LogP contribution < -0.4 is 0 Å². The fraction of sp³-hybridized carbons (Fsp3) is 0.200. The maximum absolute atomic E-state index is 13.3. The molecule has 1 fully saturated rings. The van der Waals surface area contributed by atoms with Crippen LogP contribution in [0, 0.1) is 5.82 Å². The molecule has 0 bridgehead atoms. The van der Waals surface area contributed by atoms with Gasteiger partial charge in [-0.15, -0.1) is 0 Å². The van der Waals surface area contributed by atoms with Crippen molar-refractivity contribution in [3.8, 4) is 16.9 Å². The highest BCUT2D eigenvalue weighted by Crippen LogP contribution is 2.28. The number of carbonyl (C=O) groups is 1. The molecular formula is C20H18FN3O2. The van der Waals surface area contributed by atoms with Gasteiger partial charge in [0.05, 0.1) is 36.4 Å². The molecular weight excluding hydrogens is 333 g/mol. The largest absolute Gasteiger partial charge is 0.378 e. The number of morpholine rings is 1. The third-order valence-corrected chi connectivity index (χ3v) is 4.42. The van der Waals surface area contributed by atoms with Crippen LogP contribution in [0.15, 0.2) is 60.8 Å². The van der Waals surface area contributed by atoms with Crippen molar-refractivity contribution in [2.75, 3.05) is 26.3 Å². The van der Waals surface area contributed by atoms with Gasteiger partial charge < -0.3 is 9.64 Å². The Morgan fingerprint density at radius 3 is 2.38 bits per heavy atom. The number of aromatic nitrogens is 2. The SMILES string of the molecule is O=C(c1cnn(-c2ccc(F)cc2)c1-c1ccccc1)N1CCOCC1. The van der Waals surface area contributed by atoms with E-state index in [1.165, 1.54) is 12.1 Å². The predicted molar refractivity (Wildman–Crippen MR) is 95.7 cm³/mol. The molecule has 1 aromatic heterocycles. The summed E-state index contributed by atoms with van der Waals surface area (Å²) in [5.74, 6) is -0.382. The minimum atomic E-state index is -0.313. The Morgan fingerprint density at radius 1 is 1.00 bits per heavy atom. The summed E-state index contributed by atoms with van der Waals surface area (Å²) in [6, 6.07) is 15.7. The second kappa shape index (κ2) is 7.09. The second-order valence-corrected chi connectivity index (χ2v) is 6.07. The summed E-state index contributed by atoms with van der Waals surface area (Å²) in [5, 5.41) is 4.42. The van der Waals surface area contributed by atoms with Gasteiger partial charge in [0.2, 0.25) is 0 Å². The van der Waals surface area contributed by atoms with Gasteiger partial charge >= 0.3 is 0 Å². The van der Waals surface area contributed by atoms with Gasteiger partial charge in [-0.3, -0.25) is 4.79 Å². The summed E-state index contributed by atoms with van der Waals surface area (Å²) in [7, 11) is 0. The molecule has 0 unspecified atom stereocenters. The van der Waals surface area contributed by atoms with Gasteiger partial charge in [0.1, 0.15) is 5.82 Å². The maximum atomic E-state index is 13.3. The van der Waals surface area contributed by atoms with E-state index in [1.54, 1.807) is 27.9 Å². The van der Waals surface area contributed by atoms with E-state index < -0.39 is 0 Å². The summed E-state index contributed by atoms with van der Waals surface area (Å²) in [6.45, 7) is 2.21. The number of hydrogen-bond donors (Lipinski definition) is 0. The maximum Gasteiger partial charge on any atom is 0.257 e. The molecule has 0 aliphatic carbocycles. The smallest absolute Gasteiger partial charge is 0.257 e. The molecule has 4 rings (SSSR count). The first kappa shape index (κ1) is 16.5. The number of carbonyl (C=O) groups excluding carboxylic acids is 1. The molecule has 1 aliphatic rings. The zero-order valence-corrected chi connectivity index (χ0v) is 14.1. The topological polar surface area (TPSA) is 47.4 Å². The Labute approximate surface area is 150 Å². The van der Waals surface area contributed by atoms with Crippen molar-refractivity contribution in [3.05, 3.63) is 72.2 Å². The van der Waals surface area contributed by atoms with Crippen molar-refractivity contribution in [2.45, 2.75) is 0 Å². The highest BCUT2D eigenvalue weighted by molar-refractivity contribution is 6.00. The molecule has 132 valence electrons. The first-order chi connectivity index (χ1) is 12.7. The Bertz CT molecular complexity index is 901. The van der Waals surface area contributed by atoms with Gasteiger partial charge in [0, 0.05) is 18.7 Å². The summed E-state index contributed by atoms with van der Waals surface area (Å²) < 4.78 is 20.3. The quantitative estimate of drug-likeness (QED) is 0.728. The van der Waals surface area contributed by atoms with Crippen molar-refractivity contribution in [3.63, 3.8) is 0 Å². The number of hydrogen-bond acceptors (Lipinski definition) is 3. The average Bonchev–Trinajstić information content (AvgIpc) is 3.14. The summed E-state index contributed by atoms with van der Waals surface area (Å²) in [5.41, 5.74) is 2.81. The Balaban J connectivity index is 1.82. The van der Waals surface area contributed by atoms with Crippen molar-refractivity contribution >= 4 is 5.91 Å². The third-order valence-electron chi connectivity index (χ3n) is 4.42. The number of benzene rings is 2. The van der Waals surface area contributed by atoms with Crippen molar-refractivity contribution < 1.29 is 13.9 Å². The van der Waals surface area contributed by atoms with Crippen molar-refractivity contribution in [1.82, 2.24) is 14.7 Å². The molecule has 26 heavy (non-hydrogen) atoms. The molecule has 5 nitrogen and oxygen atoms in total. The number of amides is 1. The molecule has 3 aromatic rings. The van der Waals surface area contributed by atoms with Crippen LogP contribution in [0.1, 0.15) is 10.4 Å².